The molecule has 0 spiro atoms. The number of fused-ring (bicyclic) bond motifs is 4. The Bertz CT molecular complexity index is 957. The molecule has 2 heterocycles. The van der Waals surface area contributed by atoms with Crippen molar-refractivity contribution in [1.82, 2.24) is 9.55 Å². The van der Waals surface area contributed by atoms with Gasteiger partial charge in [0.05, 0.1) is 22.2 Å². The Hall–Kier alpha value is -2.95. The molecule has 0 amide bonds. The van der Waals surface area contributed by atoms with Gasteiger partial charge in [-0.3, -0.25) is 14.2 Å². The van der Waals surface area contributed by atoms with Crippen LogP contribution in [0.3, 0.4) is 0 Å². The monoisotopic (exact) mass is 264 g/mol. The van der Waals surface area contributed by atoms with E-state index in [1.807, 2.05) is 0 Å². The van der Waals surface area contributed by atoms with Gasteiger partial charge in [-0.05, 0) is 24.3 Å². The summed E-state index contributed by atoms with van der Waals surface area (Å²) in [4.78, 5) is 29.1. The topological polar surface area (TPSA) is 72.2 Å². The normalized spacial score (nSPS) is 12.5. The van der Waals surface area contributed by atoms with E-state index in [-0.39, 0.29) is 22.9 Å². The minimum atomic E-state index is -0.303. The Kier molecular flexibility index (Phi) is 1.93. The summed E-state index contributed by atoms with van der Waals surface area (Å²) in [5.41, 5.74) is 0.952. The quantitative estimate of drug-likeness (QED) is 0.524. The van der Waals surface area contributed by atoms with Crippen LogP contribution in [-0.4, -0.2) is 20.4 Å². The molecule has 96 valence electrons. The number of aromatic nitrogens is 2. The summed E-state index contributed by atoms with van der Waals surface area (Å²) < 4.78 is 1.26. The lowest BCUT2D eigenvalue weighted by atomic mass is 10.1. The number of phenolic OH excluding ortho intramolecular Hbond substituents is 1. The van der Waals surface area contributed by atoms with Crippen LogP contribution < -0.4 is 5.56 Å². The molecule has 0 saturated heterocycles. The number of carbonyl (C=O) groups is 1. The van der Waals surface area contributed by atoms with E-state index in [2.05, 4.69) is 4.98 Å². The third-order valence-electron chi connectivity index (χ3n) is 3.45. The van der Waals surface area contributed by atoms with Gasteiger partial charge >= 0.3 is 0 Å². The summed E-state index contributed by atoms with van der Waals surface area (Å²) in [5, 5.41) is 10.0. The van der Waals surface area contributed by atoms with Crippen LogP contribution >= 0.6 is 0 Å². The van der Waals surface area contributed by atoms with Crippen molar-refractivity contribution in [3.63, 3.8) is 0 Å². The Balaban J connectivity index is 2.21. The first-order valence-corrected chi connectivity index (χ1v) is 6.07. The van der Waals surface area contributed by atoms with Crippen molar-refractivity contribution < 1.29 is 9.90 Å². The number of para-hydroxylation sites is 1. The molecule has 0 unspecified atom stereocenters. The second-order valence-corrected chi connectivity index (χ2v) is 4.62. The van der Waals surface area contributed by atoms with E-state index in [4.69, 9.17) is 0 Å². The molecule has 1 N–H and O–H groups in total. The molecule has 5 heteroatoms. The maximum absolute atomic E-state index is 12.5. The molecule has 0 atom stereocenters. The Labute approximate surface area is 112 Å². The molecule has 0 fully saturated rings. The van der Waals surface area contributed by atoms with Crippen molar-refractivity contribution in [2.45, 2.75) is 0 Å². The number of nitrogens with zero attached hydrogens (tertiary/aromatic N) is 2. The fourth-order valence-electron chi connectivity index (χ4n) is 2.53. The SMILES string of the molecule is O=C1c2ccc(O)cc2-n2c1nc1ccccc1c2=O. The van der Waals surface area contributed by atoms with Crippen LogP contribution in [0.1, 0.15) is 16.2 Å². The Morgan fingerprint density at radius 3 is 2.70 bits per heavy atom. The number of phenols is 1. The van der Waals surface area contributed by atoms with Crippen LogP contribution in [0, 0.1) is 0 Å². The van der Waals surface area contributed by atoms with Gasteiger partial charge in [-0.25, -0.2) is 4.98 Å². The summed E-state index contributed by atoms with van der Waals surface area (Å²) in [6, 6.07) is 11.2. The van der Waals surface area contributed by atoms with Crippen molar-refractivity contribution >= 4 is 16.7 Å². The Morgan fingerprint density at radius 2 is 1.85 bits per heavy atom. The minimum absolute atomic E-state index is 0.00413. The summed E-state index contributed by atoms with van der Waals surface area (Å²) in [6.07, 6.45) is 0. The van der Waals surface area contributed by atoms with Crippen molar-refractivity contribution in [1.29, 1.82) is 0 Å². The fourth-order valence-corrected chi connectivity index (χ4v) is 2.53. The molecule has 0 radical (unpaired) electrons. The van der Waals surface area contributed by atoms with Crippen molar-refractivity contribution in [2.75, 3.05) is 0 Å². The predicted molar refractivity (Wildman–Crippen MR) is 72.4 cm³/mol. The fraction of sp³-hybridized carbons (Fsp3) is 0. The van der Waals surface area contributed by atoms with Gasteiger partial charge in [0.15, 0.2) is 5.82 Å². The highest BCUT2D eigenvalue weighted by Gasteiger charge is 2.30. The summed E-state index contributed by atoms with van der Waals surface area (Å²) >= 11 is 0. The van der Waals surface area contributed by atoms with E-state index in [1.165, 1.54) is 22.8 Å². The maximum atomic E-state index is 12.5. The third kappa shape index (κ3) is 1.23. The first-order chi connectivity index (χ1) is 9.66. The molecule has 0 saturated carbocycles. The number of benzene rings is 2. The second-order valence-electron chi connectivity index (χ2n) is 4.62. The highest BCUT2D eigenvalue weighted by Crippen LogP contribution is 2.28. The standard InChI is InChI=1S/C15H8N2O3/c18-8-5-6-10-12(7-8)17-14(13(10)19)16-11-4-2-1-3-9(11)15(17)20/h1-7,18H. The predicted octanol–water partition coefficient (Wildman–Crippen LogP) is 1.64. The van der Waals surface area contributed by atoms with E-state index in [1.54, 1.807) is 24.3 Å². The molecular formula is C15H8N2O3. The number of hydrogen-bond acceptors (Lipinski definition) is 4. The molecule has 0 bridgehead atoms. The number of hydrogen-bond donors (Lipinski definition) is 1. The molecule has 1 aliphatic heterocycles. The van der Waals surface area contributed by atoms with Crippen molar-refractivity contribution in [2.24, 2.45) is 0 Å². The average molecular weight is 264 g/mol. The van der Waals surface area contributed by atoms with Gasteiger partial charge < -0.3 is 5.11 Å². The van der Waals surface area contributed by atoms with Crippen molar-refractivity contribution in [3.8, 4) is 11.4 Å². The van der Waals surface area contributed by atoms with E-state index < -0.39 is 0 Å². The molecule has 4 rings (SSSR count). The van der Waals surface area contributed by atoms with Gasteiger partial charge in [0.1, 0.15) is 5.75 Å². The van der Waals surface area contributed by atoms with Gasteiger partial charge in [0, 0.05) is 6.07 Å². The van der Waals surface area contributed by atoms with Crippen LogP contribution in [0.15, 0.2) is 47.3 Å². The van der Waals surface area contributed by atoms with E-state index >= 15 is 0 Å². The van der Waals surface area contributed by atoms with E-state index in [9.17, 15) is 14.7 Å². The smallest absolute Gasteiger partial charge is 0.266 e. The molecule has 1 aliphatic rings. The minimum Gasteiger partial charge on any atom is -0.508 e. The van der Waals surface area contributed by atoms with Crippen LogP contribution in [0.25, 0.3) is 16.6 Å². The number of carbonyl (C=O) groups excluding carboxylic acids is 1. The molecule has 3 aromatic rings. The zero-order chi connectivity index (χ0) is 13.9. The number of aromatic hydroxyl groups is 1. The average Bonchev–Trinajstić information content (AvgIpc) is 2.72. The van der Waals surface area contributed by atoms with Crippen LogP contribution in [0.5, 0.6) is 5.75 Å². The van der Waals surface area contributed by atoms with E-state index in [0.717, 1.165) is 0 Å². The third-order valence-corrected chi connectivity index (χ3v) is 3.45. The first kappa shape index (κ1) is 10.9. The summed E-state index contributed by atoms with van der Waals surface area (Å²) in [7, 11) is 0. The van der Waals surface area contributed by atoms with Crippen LogP contribution in [0.2, 0.25) is 0 Å². The maximum Gasteiger partial charge on any atom is 0.266 e. The van der Waals surface area contributed by atoms with Gasteiger partial charge in [0.25, 0.3) is 5.56 Å². The van der Waals surface area contributed by atoms with Crippen LogP contribution in [-0.2, 0) is 0 Å². The molecule has 0 aliphatic carbocycles. The van der Waals surface area contributed by atoms with Gasteiger partial charge in [0.2, 0.25) is 5.78 Å². The summed E-state index contributed by atoms with van der Waals surface area (Å²) in [5.74, 6) is -0.207. The lowest BCUT2D eigenvalue weighted by molar-refractivity contribution is 0.103. The van der Waals surface area contributed by atoms with Gasteiger partial charge in [-0.2, -0.15) is 0 Å². The van der Waals surface area contributed by atoms with Crippen LogP contribution in [0.4, 0.5) is 0 Å². The van der Waals surface area contributed by atoms with Gasteiger partial charge in [-0.1, -0.05) is 12.1 Å². The molecular weight excluding hydrogens is 256 g/mol. The highest BCUT2D eigenvalue weighted by atomic mass is 16.3. The summed E-state index contributed by atoms with van der Waals surface area (Å²) in [6.45, 7) is 0. The van der Waals surface area contributed by atoms with Crippen molar-refractivity contribution in [3.05, 3.63) is 64.2 Å². The highest BCUT2D eigenvalue weighted by molar-refractivity contribution is 6.13. The molecule has 20 heavy (non-hydrogen) atoms. The largest absolute Gasteiger partial charge is 0.508 e. The number of ketones is 1. The number of rotatable bonds is 0. The van der Waals surface area contributed by atoms with Gasteiger partial charge in [-0.15, -0.1) is 0 Å². The second kappa shape index (κ2) is 3.54. The lowest BCUT2D eigenvalue weighted by Crippen LogP contribution is -2.21. The molecule has 1 aromatic heterocycles. The Morgan fingerprint density at radius 1 is 1.05 bits per heavy atom. The first-order valence-electron chi connectivity index (χ1n) is 6.07. The lowest BCUT2D eigenvalue weighted by Gasteiger charge is -2.05. The zero-order valence-electron chi connectivity index (χ0n) is 10.2. The molecule has 2 aromatic carbocycles. The van der Waals surface area contributed by atoms with E-state index in [0.29, 0.717) is 22.2 Å². The molecule has 5 nitrogen and oxygen atoms in total. The zero-order valence-corrected chi connectivity index (χ0v) is 10.2.